The molecule has 1 aliphatic rings. The van der Waals surface area contributed by atoms with Crippen molar-refractivity contribution in [3.8, 4) is 35.5 Å². The van der Waals surface area contributed by atoms with Crippen molar-refractivity contribution in [1.29, 1.82) is 0 Å². The second-order valence-electron chi connectivity index (χ2n) is 6.95. The topological polar surface area (TPSA) is 112 Å². The van der Waals surface area contributed by atoms with E-state index in [2.05, 4.69) is 35.5 Å². The fourth-order valence-corrected chi connectivity index (χ4v) is 3.07. The van der Waals surface area contributed by atoms with Crippen LogP contribution >= 0.6 is 0 Å². The van der Waals surface area contributed by atoms with E-state index in [1.165, 1.54) is 54.6 Å². The van der Waals surface area contributed by atoms with E-state index in [0.29, 0.717) is 33.4 Å². The number of hydrogen-bond acceptors (Lipinski definition) is 3. The maximum absolute atomic E-state index is 11.4. The van der Waals surface area contributed by atoms with Crippen LogP contribution in [0, 0.1) is 35.5 Å². The first-order valence-electron chi connectivity index (χ1n) is 9.50. The van der Waals surface area contributed by atoms with Gasteiger partial charge >= 0.3 is 17.9 Å². The van der Waals surface area contributed by atoms with Crippen LogP contribution in [0.2, 0.25) is 0 Å². The Hall–Kier alpha value is -5.25. The van der Waals surface area contributed by atoms with Crippen molar-refractivity contribution >= 4 is 17.9 Å². The van der Waals surface area contributed by atoms with Crippen LogP contribution in [0.1, 0.15) is 64.5 Å². The van der Waals surface area contributed by atoms with Crippen molar-refractivity contribution in [1.82, 2.24) is 0 Å². The van der Waals surface area contributed by atoms with E-state index < -0.39 is 17.9 Å². The third-order valence-electron chi connectivity index (χ3n) is 4.80. The third kappa shape index (κ3) is 4.44. The predicted octanol–water partition coefficient (Wildman–Crippen LogP) is 3.29. The molecular weight excluding hydrogens is 420 g/mol. The number of fused-ring (bicyclic) bond motifs is 3. The molecule has 1 aliphatic carbocycles. The van der Waals surface area contributed by atoms with Crippen LogP contribution in [-0.4, -0.2) is 33.2 Å². The van der Waals surface area contributed by atoms with Crippen LogP contribution in [0.25, 0.3) is 0 Å². The minimum atomic E-state index is -1.12. The first kappa shape index (κ1) is 21.0. The molecule has 0 saturated carbocycles. The molecule has 0 unspecified atom stereocenters. The summed E-state index contributed by atoms with van der Waals surface area (Å²) in [5, 5.41) is 28.0. The number of aromatic carboxylic acids is 3. The molecule has 4 rings (SSSR count). The summed E-state index contributed by atoms with van der Waals surface area (Å²) in [4.78, 5) is 34.2. The van der Waals surface area contributed by atoms with Crippen molar-refractivity contribution in [2.45, 2.75) is 0 Å². The predicted molar refractivity (Wildman–Crippen MR) is 118 cm³/mol. The van der Waals surface area contributed by atoms with Gasteiger partial charge in [-0.25, -0.2) is 14.4 Å². The second-order valence-corrected chi connectivity index (χ2v) is 6.95. The third-order valence-corrected chi connectivity index (χ3v) is 4.80. The smallest absolute Gasteiger partial charge is 0.335 e. The monoisotopic (exact) mass is 432 g/mol. The molecule has 0 atom stereocenters. The molecule has 0 spiro atoms. The molecule has 33 heavy (non-hydrogen) atoms. The van der Waals surface area contributed by atoms with Crippen molar-refractivity contribution < 1.29 is 29.7 Å². The number of carbonyl (C=O) groups is 3. The van der Waals surface area contributed by atoms with E-state index in [1.54, 1.807) is 0 Å². The lowest BCUT2D eigenvalue weighted by molar-refractivity contribution is 0.0686. The average molecular weight is 432 g/mol. The highest BCUT2D eigenvalue weighted by Crippen LogP contribution is 2.17. The summed E-state index contributed by atoms with van der Waals surface area (Å²) in [6, 6.07) is 13.0. The molecule has 3 N–H and O–H groups in total. The van der Waals surface area contributed by atoms with Gasteiger partial charge in [0.2, 0.25) is 0 Å². The fraction of sp³-hybridized carbons (Fsp3) is 0. The SMILES string of the molecule is O=C(O)c1ccc2c(c1)C#Cc1ccc(C(=O)O)cc1C#Cc1ccc(C(=O)O)cc1C#C2. The summed E-state index contributed by atoms with van der Waals surface area (Å²) >= 11 is 0. The van der Waals surface area contributed by atoms with Crippen LogP contribution in [-0.2, 0) is 0 Å². The minimum absolute atomic E-state index is 0.0340. The van der Waals surface area contributed by atoms with Crippen molar-refractivity contribution in [3.05, 3.63) is 105 Å². The van der Waals surface area contributed by atoms with E-state index in [1.807, 2.05) is 0 Å². The van der Waals surface area contributed by atoms with Crippen molar-refractivity contribution in [2.24, 2.45) is 0 Å². The molecule has 0 aliphatic heterocycles. The molecule has 6 nitrogen and oxygen atoms in total. The van der Waals surface area contributed by atoms with Gasteiger partial charge in [-0.1, -0.05) is 35.5 Å². The quantitative estimate of drug-likeness (QED) is 0.429. The highest BCUT2D eigenvalue weighted by Gasteiger charge is 2.10. The molecule has 156 valence electrons. The normalized spacial score (nSPS) is 10.5. The molecule has 0 radical (unpaired) electrons. The molecule has 3 aromatic rings. The maximum atomic E-state index is 11.4. The summed E-state index contributed by atoms with van der Waals surface area (Å²) in [5.41, 5.74) is 2.55. The molecular formula is C27H12O6. The molecule has 0 aromatic heterocycles. The lowest BCUT2D eigenvalue weighted by Crippen LogP contribution is -2.00. The Kier molecular flexibility index (Phi) is 5.39. The van der Waals surface area contributed by atoms with Crippen LogP contribution in [0.4, 0.5) is 0 Å². The Balaban J connectivity index is 2.03. The van der Waals surface area contributed by atoms with Gasteiger partial charge in [0, 0.05) is 33.4 Å². The lowest BCUT2D eigenvalue weighted by Gasteiger charge is -2.04. The van der Waals surface area contributed by atoms with Gasteiger partial charge in [-0.15, -0.1) is 0 Å². The number of benzene rings is 3. The van der Waals surface area contributed by atoms with Gasteiger partial charge in [0.15, 0.2) is 0 Å². The largest absolute Gasteiger partial charge is 0.478 e. The molecule has 0 amide bonds. The zero-order chi connectivity index (χ0) is 23.5. The van der Waals surface area contributed by atoms with E-state index >= 15 is 0 Å². The molecule has 0 saturated heterocycles. The fourth-order valence-electron chi connectivity index (χ4n) is 3.07. The Labute approximate surface area is 188 Å². The summed E-state index contributed by atoms with van der Waals surface area (Å²) in [7, 11) is 0. The van der Waals surface area contributed by atoms with E-state index in [9.17, 15) is 29.7 Å². The minimum Gasteiger partial charge on any atom is -0.478 e. The van der Waals surface area contributed by atoms with Gasteiger partial charge in [0.05, 0.1) is 16.7 Å². The zero-order valence-corrected chi connectivity index (χ0v) is 16.8. The Morgan fingerprint density at radius 1 is 0.424 bits per heavy atom. The molecule has 0 fully saturated rings. The second kappa shape index (κ2) is 8.47. The Bertz CT molecular complexity index is 1370. The molecule has 6 heteroatoms. The van der Waals surface area contributed by atoms with Gasteiger partial charge in [-0.2, -0.15) is 0 Å². The van der Waals surface area contributed by atoms with Crippen molar-refractivity contribution in [2.75, 3.05) is 0 Å². The number of hydrogen-bond donors (Lipinski definition) is 3. The molecule has 0 bridgehead atoms. The molecule has 0 heterocycles. The van der Waals surface area contributed by atoms with Crippen LogP contribution in [0.3, 0.4) is 0 Å². The van der Waals surface area contributed by atoms with Crippen LogP contribution < -0.4 is 0 Å². The van der Waals surface area contributed by atoms with Gasteiger partial charge in [0.1, 0.15) is 0 Å². The number of rotatable bonds is 3. The average Bonchev–Trinajstić information content (AvgIpc) is 2.79. The summed E-state index contributed by atoms with van der Waals surface area (Å²) in [5.74, 6) is 14.2. The summed E-state index contributed by atoms with van der Waals surface area (Å²) < 4.78 is 0. The van der Waals surface area contributed by atoms with Gasteiger partial charge in [-0.05, 0) is 54.6 Å². The lowest BCUT2D eigenvalue weighted by atomic mass is 9.99. The number of carboxylic acid groups (broad SMARTS) is 3. The van der Waals surface area contributed by atoms with Gasteiger partial charge in [0.25, 0.3) is 0 Å². The first-order chi connectivity index (χ1) is 15.8. The van der Waals surface area contributed by atoms with Crippen LogP contribution in [0.5, 0.6) is 0 Å². The first-order valence-corrected chi connectivity index (χ1v) is 9.50. The van der Waals surface area contributed by atoms with Gasteiger partial charge in [-0.3, -0.25) is 0 Å². The standard InChI is InChI=1S/C27H12O6/c28-25(29)22-10-4-16-1-7-19-13-23(26(30)31)11-5-17(19)3-9-21-15-24(27(32)33)12-6-18(21)2-8-20(16)14-22/h4-6,10-15H,(H,28,29)(H,30,31)(H,32,33). The van der Waals surface area contributed by atoms with E-state index in [0.717, 1.165) is 0 Å². The summed E-state index contributed by atoms with van der Waals surface area (Å²) in [6.45, 7) is 0. The highest BCUT2D eigenvalue weighted by molar-refractivity contribution is 5.90. The zero-order valence-electron chi connectivity index (χ0n) is 16.8. The Morgan fingerprint density at radius 2 is 0.667 bits per heavy atom. The Morgan fingerprint density at radius 3 is 0.909 bits per heavy atom. The van der Waals surface area contributed by atoms with E-state index in [-0.39, 0.29) is 16.7 Å². The van der Waals surface area contributed by atoms with Crippen molar-refractivity contribution in [3.63, 3.8) is 0 Å². The number of carboxylic acids is 3. The van der Waals surface area contributed by atoms with E-state index in [4.69, 9.17) is 0 Å². The van der Waals surface area contributed by atoms with Crippen LogP contribution in [0.15, 0.2) is 54.6 Å². The maximum Gasteiger partial charge on any atom is 0.335 e. The molecule has 3 aromatic carbocycles. The van der Waals surface area contributed by atoms with Gasteiger partial charge < -0.3 is 15.3 Å². The highest BCUT2D eigenvalue weighted by atomic mass is 16.4. The summed E-state index contributed by atoms with van der Waals surface area (Å²) in [6.07, 6.45) is 0.